The first-order valence-corrected chi connectivity index (χ1v) is 9.49. The van der Waals surface area contributed by atoms with Crippen LogP contribution < -0.4 is 4.72 Å². The summed E-state index contributed by atoms with van der Waals surface area (Å²) in [5, 5.41) is 0.565. The van der Waals surface area contributed by atoms with E-state index in [9.17, 15) is 12.8 Å². The Labute approximate surface area is 146 Å². The molecule has 0 bridgehead atoms. The van der Waals surface area contributed by atoms with Crippen LogP contribution in [0.15, 0.2) is 47.6 Å². The summed E-state index contributed by atoms with van der Waals surface area (Å²) in [6.45, 7) is 6.44. The van der Waals surface area contributed by atoms with E-state index >= 15 is 0 Å². The number of nitrogens with zero attached hydrogens (tertiary/aromatic N) is 2. The Morgan fingerprint density at radius 2 is 2.04 bits per heavy atom. The second-order valence-electron chi connectivity index (χ2n) is 6.48. The summed E-state index contributed by atoms with van der Waals surface area (Å²) < 4.78 is 43.5. The highest BCUT2D eigenvalue weighted by molar-refractivity contribution is 7.93. The number of fused-ring (bicyclic) bond motifs is 1. The summed E-state index contributed by atoms with van der Waals surface area (Å²) in [6.07, 6.45) is 3.26. The number of pyridine rings is 1. The van der Waals surface area contributed by atoms with Crippen LogP contribution in [-0.2, 0) is 16.6 Å². The van der Waals surface area contributed by atoms with E-state index in [0.717, 1.165) is 0 Å². The quantitative estimate of drug-likeness (QED) is 0.749. The minimum absolute atomic E-state index is 0.167. The van der Waals surface area contributed by atoms with Crippen LogP contribution in [0.5, 0.6) is 0 Å². The first-order valence-electron chi connectivity index (χ1n) is 8.01. The predicted octanol–water partition coefficient (Wildman–Crippen LogP) is 3.94. The molecule has 0 radical (unpaired) electrons. The van der Waals surface area contributed by atoms with E-state index in [1.165, 1.54) is 18.2 Å². The van der Waals surface area contributed by atoms with E-state index in [1.54, 1.807) is 31.5 Å². The van der Waals surface area contributed by atoms with Crippen molar-refractivity contribution in [3.8, 4) is 0 Å². The standard InChI is InChI=1S/C18H20FN3O2S/c1-12(2)10-22-11-17(15-5-4-8-20-18(15)22)25(23,24)21-16-7-6-14(19)9-13(16)3/h4-9,11-12,21H,10H2,1-3H3. The van der Waals surface area contributed by atoms with Gasteiger partial charge in [0, 0.05) is 24.3 Å². The van der Waals surface area contributed by atoms with Gasteiger partial charge >= 0.3 is 0 Å². The summed E-state index contributed by atoms with van der Waals surface area (Å²) in [5.41, 5.74) is 1.51. The number of hydrogen-bond donors (Lipinski definition) is 1. The third-order valence-electron chi connectivity index (χ3n) is 3.88. The maximum Gasteiger partial charge on any atom is 0.264 e. The summed E-state index contributed by atoms with van der Waals surface area (Å²) in [4.78, 5) is 4.49. The van der Waals surface area contributed by atoms with Gasteiger partial charge in [0.15, 0.2) is 0 Å². The van der Waals surface area contributed by atoms with E-state index < -0.39 is 15.8 Å². The summed E-state index contributed by atoms with van der Waals surface area (Å²) >= 11 is 0. The molecule has 1 aromatic carbocycles. The van der Waals surface area contributed by atoms with E-state index in [-0.39, 0.29) is 4.90 Å². The Bertz CT molecular complexity index is 1030. The number of benzene rings is 1. The van der Waals surface area contributed by atoms with Gasteiger partial charge in [-0.15, -0.1) is 0 Å². The molecule has 0 amide bonds. The van der Waals surface area contributed by atoms with Gasteiger partial charge in [-0.3, -0.25) is 4.72 Å². The Kier molecular flexibility index (Phi) is 4.51. The van der Waals surface area contributed by atoms with E-state index in [4.69, 9.17) is 0 Å². The molecule has 3 aromatic rings. The van der Waals surface area contributed by atoms with Crippen molar-refractivity contribution in [1.29, 1.82) is 0 Å². The van der Waals surface area contributed by atoms with Crippen LogP contribution in [0.2, 0.25) is 0 Å². The first-order chi connectivity index (χ1) is 11.8. The van der Waals surface area contributed by atoms with Crippen LogP contribution >= 0.6 is 0 Å². The second-order valence-corrected chi connectivity index (χ2v) is 8.13. The van der Waals surface area contributed by atoms with Crippen molar-refractivity contribution >= 4 is 26.7 Å². The van der Waals surface area contributed by atoms with Gasteiger partial charge in [0.25, 0.3) is 10.0 Å². The van der Waals surface area contributed by atoms with Crippen LogP contribution in [0.25, 0.3) is 11.0 Å². The number of rotatable bonds is 5. The smallest absolute Gasteiger partial charge is 0.264 e. The molecule has 0 aliphatic rings. The Morgan fingerprint density at radius 3 is 2.72 bits per heavy atom. The van der Waals surface area contributed by atoms with Crippen LogP contribution in [-0.4, -0.2) is 18.0 Å². The molecule has 0 atom stereocenters. The lowest BCUT2D eigenvalue weighted by Crippen LogP contribution is -2.13. The topological polar surface area (TPSA) is 64.0 Å². The average molecular weight is 361 g/mol. The zero-order chi connectivity index (χ0) is 18.2. The molecule has 1 N–H and O–H groups in total. The lowest BCUT2D eigenvalue weighted by Gasteiger charge is -2.10. The van der Waals surface area contributed by atoms with Crippen LogP contribution in [0.1, 0.15) is 19.4 Å². The molecule has 132 valence electrons. The normalized spacial score (nSPS) is 12.0. The molecule has 2 aromatic heterocycles. The summed E-state index contributed by atoms with van der Waals surface area (Å²) in [7, 11) is -3.82. The third-order valence-corrected chi connectivity index (χ3v) is 5.27. The van der Waals surface area contributed by atoms with Gasteiger partial charge < -0.3 is 4.57 Å². The van der Waals surface area contributed by atoms with Gasteiger partial charge in [-0.1, -0.05) is 13.8 Å². The molecular weight excluding hydrogens is 341 g/mol. The van der Waals surface area contributed by atoms with Crippen LogP contribution in [0, 0.1) is 18.7 Å². The fourth-order valence-corrected chi connectivity index (χ4v) is 4.12. The zero-order valence-electron chi connectivity index (χ0n) is 14.3. The number of aromatic nitrogens is 2. The maximum atomic E-state index is 13.2. The highest BCUT2D eigenvalue weighted by Gasteiger charge is 2.22. The van der Waals surface area contributed by atoms with Crippen molar-refractivity contribution < 1.29 is 12.8 Å². The number of sulfonamides is 1. The van der Waals surface area contributed by atoms with Gasteiger partial charge in [-0.05, 0) is 48.7 Å². The summed E-state index contributed by atoms with van der Waals surface area (Å²) in [6, 6.07) is 7.40. The number of nitrogens with one attached hydrogen (secondary N) is 1. The van der Waals surface area contributed by atoms with E-state index in [2.05, 4.69) is 23.6 Å². The number of hydrogen-bond acceptors (Lipinski definition) is 3. The molecule has 0 saturated carbocycles. The van der Waals surface area contributed by atoms with Crippen molar-refractivity contribution in [2.24, 2.45) is 5.92 Å². The van der Waals surface area contributed by atoms with E-state index in [0.29, 0.717) is 34.7 Å². The minimum Gasteiger partial charge on any atom is -0.331 e. The highest BCUT2D eigenvalue weighted by Crippen LogP contribution is 2.27. The van der Waals surface area contributed by atoms with E-state index in [1.807, 2.05) is 4.57 Å². The molecule has 0 aliphatic heterocycles. The van der Waals surface area contributed by atoms with Gasteiger partial charge in [-0.2, -0.15) is 0 Å². The van der Waals surface area contributed by atoms with Crippen molar-refractivity contribution in [3.63, 3.8) is 0 Å². The lowest BCUT2D eigenvalue weighted by atomic mass is 10.2. The van der Waals surface area contributed by atoms with Crippen molar-refractivity contribution in [2.45, 2.75) is 32.2 Å². The van der Waals surface area contributed by atoms with Crippen LogP contribution in [0.4, 0.5) is 10.1 Å². The molecule has 0 saturated heterocycles. The predicted molar refractivity (Wildman–Crippen MR) is 96.5 cm³/mol. The molecule has 0 fully saturated rings. The van der Waals surface area contributed by atoms with Gasteiger partial charge in [0.2, 0.25) is 0 Å². The summed E-state index contributed by atoms with van der Waals surface area (Å²) in [5.74, 6) is -0.0568. The first kappa shape index (κ1) is 17.4. The zero-order valence-corrected chi connectivity index (χ0v) is 15.1. The Morgan fingerprint density at radius 1 is 1.28 bits per heavy atom. The number of halogens is 1. The second kappa shape index (κ2) is 6.48. The van der Waals surface area contributed by atoms with Gasteiger partial charge in [-0.25, -0.2) is 17.8 Å². The Balaban J connectivity index is 2.08. The minimum atomic E-state index is -3.82. The molecule has 5 nitrogen and oxygen atoms in total. The monoisotopic (exact) mass is 361 g/mol. The molecule has 0 spiro atoms. The number of anilines is 1. The molecule has 7 heteroatoms. The SMILES string of the molecule is Cc1cc(F)ccc1NS(=O)(=O)c1cn(CC(C)C)c2ncccc12. The molecule has 2 heterocycles. The largest absolute Gasteiger partial charge is 0.331 e. The van der Waals surface area contributed by atoms with Crippen molar-refractivity contribution in [2.75, 3.05) is 4.72 Å². The van der Waals surface area contributed by atoms with Gasteiger partial charge in [0.1, 0.15) is 16.4 Å². The van der Waals surface area contributed by atoms with Gasteiger partial charge in [0.05, 0.1) is 5.69 Å². The molecular formula is C18H20FN3O2S. The molecule has 0 aliphatic carbocycles. The molecule has 25 heavy (non-hydrogen) atoms. The third kappa shape index (κ3) is 3.51. The van der Waals surface area contributed by atoms with Crippen LogP contribution in [0.3, 0.4) is 0 Å². The highest BCUT2D eigenvalue weighted by atomic mass is 32.2. The Hall–Kier alpha value is -2.41. The fraction of sp³-hybridized carbons (Fsp3) is 0.278. The lowest BCUT2D eigenvalue weighted by molar-refractivity contribution is 0.530. The van der Waals surface area contributed by atoms with Crippen molar-refractivity contribution in [1.82, 2.24) is 9.55 Å². The number of aryl methyl sites for hydroxylation is 1. The maximum absolute atomic E-state index is 13.2. The van der Waals surface area contributed by atoms with Crippen molar-refractivity contribution in [3.05, 3.63) is 54.1 Å². The fourth-order valence-electron chi connectivity index (χ4n) is 2.78. The average Bonchev–Trinajstić information content (AvgIpc) is 2.89. The molecule has 0 unspecified atom stereocenters. The molecule has 3 rings (SSSR count).